The van der Waals surface area contributed by atoms with E-state index in [4.69, 9.17) is 4.98 Å². The summed E-state index contributed by atoms with van der Waals surface area (Å²) in [5, 5.41) is 0.701. The van der Waals surface area contributed by atoms with Crippen molar-refractivity contribution in [2.75, 3.05) is 25.0 Å². The normalized spacial score (nSPS) is 17.3. The molecule has 1 amide bonds. The molecule has 0 atom stereocenters. The number of likely N-dealkylation sites (tertiary alicyclic amines) is 1. The van der Waals surface area contributed by atoms with Crippen LogP contribution in [0.2, 0.25) is 0 Å². The number of benzene rings is 1. The Morgan fingerprint density at radius 3 is 2.70 bits per heavy atom. The van der Waals surface area contributed by atoms with Gasteiger partial charge in [0.2, 0.25) is 0 Å². The van der Waals surface area contributed by atoms with Crippen molar-refractivity contribution in [3.63, 3.8) is 0 Å². The Morgan fingerprint density at radius 2 is 1.93 bits per heavy atom. The highest BCUT2D eigenvalue weighted by Crippen LogP contribution is 2.27. The molecule has 30 heavy (non-hydrogen) atoms. The molecule has 0 bridgehead atoms. The maximum absolute atomic E-state index is 14.3. The van der Waals surface area contributed by atoms with Crippen LogP contribution in [-0.2, 0) is 5.75 Å². The van der Waals surface area contributed by atoms with Crippen LogP contribution >= 0.6 is 11.8 Å². The Morgan fingerprint density at radius 1 is 1.17 bits per heavy atom. The summed E-state index contributed by atoms with van der Waals surface area (Å²) in [5.74, 6) is 0.887. The number of carbonyl (C=O) groups excluding carboxylic acids is 1. The molecule has 160 valence electrons. The zero-order valence-electron chi connectivity index (χ0n) is 17.5. The van der Waals surface area contributed by atoms with Gasteiger partial charge in [0.05, 0.1) is 5.56 Å². The monoisotopic (exact) mass is 428 g/mol. The smallest absolute Gasteiger partial charge is 0.256 e. The van der Waals surface area contributed by atoms with Gasteiger partial charge in [0, 0.05) is 38.1 Å². The molecular formula is C23H29FN4OS. The van der Waals surface area contributed by atoms with Gasteiger partial charge in [0.15, 0.2) is 5.16 Å². The number of carbonyl (C=O) groups is 1. The van der Waals surface area contributed by atoms with E-state index < -0.39 is 5.82 Å². The SMILES string of the molecule is CN(c1ccnc(SCc2ccc(F)c(C(=O)N3CCCC3)c2)n1)C1CCCCC1. The molecule has 0 unspecified atom stereocenters. The van der Waals surface area contributed by atoms with Crippen LogP contribution in [0.15, 0.2) is 35.6 Å². The van der Waals surface area contributed by atoms with Crippen molar-refractivity contribution in [3.8, 4) is 0 Å². The first-order chi connectivity index (χ1) is 14.6. The van der Waals surface area contributed by atoms with E-state index >= 15 is 0 Å². The van der Waals surface area contributed by atoms with Crippen LogP contribution in [0, 0.1) is 5.82 Å². The Bertz CT molecular complexity index is 881. The summed E-state index contributed by atoms with van der Waals surface area (Å²) in [5.41, 5.74) is 1.07. The number of anilines is 1. The van der Waals surface area contributed by atoms with Crippen molar-refractivity contribution < 1.29 is 9.18 Å². The second-order valence-electron chi connectivity index (χ2n) is 8.20. The average Bonchev–Trinajstić information content (AvgIpc) is 3.33. The maximum Gasteiger partial charge on any atom is 0.256 e. The fraction of sp³-hybridized carbons (Fsp3) is 0.522. The van der Waals surface area contributed by atoms with E-state index in [-0.39, 0.29) is 11.5 Å². The third kappa shape index (κ3) is 4.94. The van der Waals surface area contributed by atoms with Crippen LogP contribution in [0.5, 0.6) is 0 Å². The minimum absolute atomic E-state index is 0.168. The lowest BCUT2D eigenvalue weighted by molar-refractivity contribution is 0.0788. The molecule has 4 rings (SSSR count). The largest absolute Gasteiger partial charge is 0.357 e. The third-order valence-electron chi connectivity index (χ3n) is 6.12. The van der Waals surface area contributed by atoms with Gasteiger partial charge in [0.25, 0.3) is 5.91 Å². The number of thioether (sulfide) groups is 1. The van der Waals surface area contributed by atoms with Crippen LogP contribution in [-0.4, -0.2) is 47.0 Å². The molecule has 0 spiro atoms. The van der Waals surface area contributed by atoms with Gasteiger partial charge in [-0.2, -0.15) is 0 Å². The Labute approximate surface area is 182 Å². The van der Waals surface area contributed by atoms with Crippen molar-refractivity contribution in [1.29, 1.82) is 0 Å². The lowest BCUT2D eigenvalue weighted by Gasteiger charge is -2.32. The molecule has 1 aromatic carbocycles. The maximum atomic E-state index is 14.3. The van der Waals surface area contributed by atoms with Crippen molar-refractivity contribution in [2.45, 2.75) is 61.9 Å². The standard InChI is InChI=1S/C23H29FN4OS/c1-27(18-7-3-2-4-8-18)21-11-12-25-23(26-21)30-16-17-9-10-20(24)19(15-17)22(29)28-13-5-6-14-28/h9-12,15,18H,2-8,13-14,16H2,1H3. The molecular weight excluding hydrogens is 399 g/mol. The molecule has 1 aromatic heterocycles. The minimum atomic E-state index is -0.451. The van der Waals surface area contributed by atoms with Gasteiger partial charge in [-0.15, -0.1) is 0 Å². The number of rotatable bonds is 6. The van der Waals surface area contributed by atoms with E-state index in [0.29, 0.717) is 30.0 Å². The quantitative estimate of drug-likeness (QED) is 0.483. The summed E-state index contributed by atoms with van der Waals surface area (Å²) in [6.45, 7) is 1.43. The Hall–Kier alpha value is -2.15. The molecule has 1 saturated heterocycles. The molecule has 2 heterocycles. The first-order valence-electron chi connectivity index (χ1n) is 10.9. The van der Waals surface area contributed by atoms with Gasteiger partial charge in [-0.1, -0.05) is 37.1 Å². The predicted octanol–water partition coefficient (Wildman–Crippen LogP) is 4.91. The summed E-state index contributed by atoms with van der Waals surface area (Å²) in [7, 11) is 2.11. The van der Waals surface area contributed by atoms with Crippen molar-refractivity contribution >= 4 is 23.5 Å². The number of nitrogens with zero attached hydrogens (tertiary/aromatic N) is 4. The molecule has 5 nitrogen and oxygen atoms in total. The lowest BCUT2D eigenvalue weighted by atomic mass is 9.94. The Balaban J connectivity index is 1.42. The number of hydrogen-bond donors (Lipinski definition) is 0. The van der Waals surface area contributed by atoms with Crippen LogP contribution in [0.1, 0.15) is 60.9 Å². The van der Waals surface area contributed by atoms with Crippen molar-refractivity contribution in [3.05, 3.63) is 47.4 Å². The van der Waals surface area contributed by atoms with Gasteiger partial charge in [0.1, 0.15) is 11.6 Å². The second-order valence-corrected chi connectivity index (χ2v) is 9.14. The first kappa shape index (κ1) is 21.1. The van der Waals surface area contributed by atoms with E-state index in [1.165, 1.54) is 49.9 Å². The molecule has 1 aliphatic carbocycles. The van der Waals surface area contributed by atoms with Crippen molar-refractivity contribution in [2.24, 2.45) is 0 Å². The first-order valence-corrected chi connectivity index (χ1v) is 11.9. The Kier molecular flexibility index (Phi) is 6.87. The summed E-state index contributed by atoms with van der Waals surface area (Å²) in [4.78, 5) is 25.8. The van der Waals surface area contributed by atoms with Gasteiger partial charge in [-0.3, -0.25) is 4.79 Å². The summed E-state index contributed by atoms with van der Waals surface area (Å²) in [6, 6.07) is 7.32. The van der Waals surface area contributed by atoms with Gasteiger partial charge in [-0.25, -0.2) is 14.4 Å². The lowest BCUT2D eigenvalue weighted by Crippen LogP contribution is -2.33. The average molecular weight is 429 g/mol. The highest BCUT2D eigenvalue weighted by Gasteiger charge is 2.23. The zero-order valence-corrected chi connectivity index (χ0v) is 18.3. The van der Waals surface area contributed by atoms with Gasteiger partial charge in [-0.05, 0) is 49.4 Å². The molecule has 2 fully saturated rings. The highest BCUT2D eigenvalue weighted by molar-refractivity contribution is 7.98. The van der Waals surface area contributed by atoms with Gasteiger partial charge < -0.3 is 9.80 Å². The van der Waals surface area contributed by atoms with Crippen LogP contribution < -0.4 is 4.90 Å². The number of aromatic nitrogens is 2. The van der Waals surface area contributed by atoms with E-state index in [9.17, 15) is 9.18 Å². The van der Waals surface area contributed by atoms with Crippen LogP contribution in [0.25, 0.3) is 0 Å². The number of halogens is 1. The molecule has 7 heteroatoms. The number of hydrogen-bond acceptors (Lipinski definition) is 5. The summed E-state index contributed by atoms with van der Waals surface area (Å²) < 4.78 is 14.3. The summed E-state index contributed by atoms with van der Waals surface area (Å²) in [6.07, 6.45) is 10.1. The van der Waals surface area contributed by atoms with Crippen LogP contribution in [0.3, 0.4) is 0 Å². The molecule has 2 aromatic rings. The fourth-order valence-corrected chi connectivity index (χ4v) is 5.09. The zero-order chi connectivity index (χ0) is 20.9. The van der Waals surface area contributed by atoms with E-state index in [2.05, 4.69) is 16.9 Å². The molecule has 0 radical (unpaired) electrons. The second kappa shape index (κ2) is 9.77. The number of amides is 1. The summed E-state index contributed by atoms with van der Waals surface area (Å²) >= 11 is 1.51. The fourth-order valence-electron chi connectivity index (χ4n) is 4.32. The van der Waals surface area contributed by atoms with E-state index in [0.717, 1.165) is 24.2 Å². The van der Waals surface area contributed by atoms with E-state index in [1.807, 2.05) is 6.07 Å². The van der Waals surface area contributed by atoms with Gasteiger partial charge >= 0.3 is 0 Å². The molecule has 2 aliphatic rings. The molecule has 1 saturated carbocycles. The highest BCUT2D eigenvalue weighted by atomic mass is 32.2. The topological polar surface area (TPSA) is 49.3 Å². The van der Waals surface area contributed by atoms with Crippen molar-refractivity contribution in [1.82, 2.24) is 14.9 Å². The van der Waals surface area contributed by atoms with E-state index in [1.54, 1.807) is 23.2 Å². The predicted molar refractivity (Wildman–Crippen MR) is 118 cm³/mol. The van der Waals surface area contributed by atoms with Crippen LogP contribution in [0.4, 0.5) is 10.2 Å². The molecule has 1 aliphatic heterocycles. The third-order valence-corrected chi connectivity index (χ3v) is 7.06. The molecule has 0 N–H and O–H groups in total. The minimum Gasteiger partial charge on any atom is -0.357 e.